The van der Waals surface area contributed by atoms with Crippen LogP contribution >= 0.6 is 11.3 Å². The van der Waals surface area contributed by atoms with E-state index in [1.54, 1.807) is 11.3 Å². The monoisotopic (exact) mass is 300 g/mol. The van der Waals surface area contributed by atoms with Gasteiger partial charge in [0, 0.05) is 49.9 Å². The summed E-state index contributed by atoms with van der Waals surface area (Å²) >= 11 is 1.72. The van der Waals surface area contributed by atoms with E-state index in [0.29, 0.717) is 0 Å². The molecule has 0 saturated heterocycles. The Morgan fingerprint density at radius 3 is 3.10 bits per heavy atom. The van der Waals surface area contributed by atoms with Gasteiger partial charge >= 0.3 is 0 Å². The number of rotatable bonds is 4. The van der Waals surface area contributed by atoms with Gasteiger partial charge in [-0.25, -0.2) is 9.97 Å². The lowest BCUT2D eigenvalue weighted by Gasteiger charge is -2.22. The Kier molecular flexibility index (Phi) is 4.31. The first-order valence-electron chi connectivity index (χ1n) is 7.19. The van der Waals surface area contributed by atoms with Crippen LogP contribution in [0.4, 0.5) is 5.82 Å². The maximum absolute atomic E-state index is 4.58. The lowest BCUT2D eigenvalue weighted by molar-refractivity contribution is 0.266. The molecule has 0 saturated carbocycles. The van der Waals surface area contributed by atoms with Crippen molar-refractivity contribution in [1.82, 2.24) is 14.9 Å². The normalized spacial score (nSPS) is 15.6. The van der Waals surface area contributed by atoms with E-state index in [0.717, 1.165) is 43.5 Å². The third-order valence-electron chi connectivity index (χ3n) is 3.65. The van der Waals surface area contributed by atoms with Crippen LogP contribution in [0.1, 0.15) is 16.3 Å². The van der Waals surface area contributed by atoms with Gasteiger partial charge < -0.3 is 4.90 Å². The summed E-state index contributed by atoms with van der Waals surface area (Å²) in [4.78, 5) is 13.9. The summed E-state index contributed by atoms with van der Waals surface area (Å²) < 4.78 is 0. The molecule has 110 valence electrons. The molecule has 0 bridgehead atoms. The van der Waals surface area contributed by atoms with E-state index in [1.807, 2.05) is 18.3 Å². The number of fused-ring (bicyclic) bond motifs is 1. The predicted octanol–water partition coefficient (Wildman–Crippen LogP) is 2.85. The molecule has 0 fully saturated rings. The molecule has 0 aromatic carbocycles. The third kappa shape index (κ3) is 3.31. The first kappa shape index (κ1) is 14.2. The van der Waals surface area contributed by atoms with Gasteiger partial charge in [-0.2, -0.15) is 0 Å². The average molecular weight is 300 g/mol. The predicted molar refractivity (Wildman–Crippen MR) is 87.6 cm³/mol. The van der Waals surface area contributed by atoms with Gasteiger partial charge in [-0.3, -0.25) is 4.90 Å². The van der Waals surface area contributed by atoms with Crippen molar-refractivity contribution in [3.63, 3.8) is 0 Å². The zero-order chi connectivity index (χ0) is 14.7. The van der Waals surface area contributed by atoms with Crippen molar-refractivity contribution >= 4 is 17.2 Å². The van der Waals surface area contributed by atoms with Crippen LogP contribution in [0, 0.1) is 6.92 Å². The first-order valence-corrected chi connectivity index (χ1v) is 8.07. The van der Waals surface area contributed by atoms with Crippen LogP contribution in [0.15, 0.2) is 36.4 Å². The molecule has 3 heterocycles. The van der Waals surface area contributed by atoms with Crippen molar-refractivity contribution in [3.8, 4) is 0 Å². The molecule has 5 heteroatoms. The van der Waals surface area contributed by atoms with Crippen LogP contribution in [0.25, 0.3) is 0 Å². The van der Waals surface area contributed by atoms with Crippen molar-refractivity contribution < 1.29 is 0 Å². The molecule has 2 aromatic rings. The average Bonchev–Trinajstić information content (AvgIpc) is 2.80. The fourth-order valence-corrected chi connectivity index (χ4v) is 3.31. The molecule has 4 nitrogen and oxygen atoms in total. The van der Waals surface area contributed by atoms with E-state index in [1.165, 1.54) is 11.3 Å². The second kappa shape index (κ2) is 6.37. The maximum atomic E-state index is 4.58. The minimum Gasteiger partial charge on any atom is -0.351 e. The Morgan fingerprint density at radius 2 is 2.33 bits per heavy atom. The minimum atomic E-state index is 0.841. The van der Waals surface area contributed by atoms with E-state index in [9.17, 15) is 0 Å². The highest BCUT2D eigenvalue weighted by Crippen LogP contribution is 2.23. The maximum Gasteiger partial charge on any atom is 0.133 e. The number of aryl methyl sites for hydroxylation is 1. The Hall–Kier alpha value is -1.72. The van der Waals surface area contributed by atoms with Crippen LogP contribution in [0.5, 0.6) is 0 Å². The molecule has 2 aromatic heterocycles. The van der Waals surface area contributed by atoms with E-state index < -0.39 is 0 Å². The number of pyridine rings is 1. The van der Waals surface area contributed by atoms with E-state index in [2.05, 4.69) is 44.7 Å². The highest BCUT2D eigenvalue weighted by molar-refractivity contribution is 7.09. The summed E-state index contributed by atoms with van der Waals surface area (Å²) in [6.45, 7) is 10.6. The molecule has 1 aliphatic heterocycles. The van der Waals surface area contributed by atoms with Crippen LogP contribution in [-0.2, 0) is 13.1 Å². The van der Waals surface area contributed by atoms with Crippen LogP contribution < -0.4 is 4.90 Å². The topological polar surface area (TPSA) is 32.3 Å². The number of aromatic nitrogens is 2. The molecular weight excluding hydrogens is 280 g/mol. The summed E-state index contributed by atoms with van der Waals surface area (Å²) in [5, 5.41) is 3.29. The number of nitrogens with zero attached hydrogens (tertiary/aromatic N) is 4. The first-order chi connectivity index (χ1) is 10.3. The van der Waals surface area contributed by atoms with Gasteiger partial charge in [-0.15, -0.1) is 17.9 Å². The summed E-state index contributed by atoms with van der Waals surface area (Å²) in [5.74, 6) is 1.09. The number of hydrogen-bond donors (Lipinski definition) is 0. The zero-order valence-corrected chi connectivity index (χ0v) is 13.1. The lowest BCUT2D eigenvalue weighted by atomic mass is 10.2. The van der Waals surface area contributed by atoms with Crippen molar-refractivity contribution in [1.29, 1.82) is 0 Å². The van der Waals surface area contributed by atoms with Crippen molar-refractivity contribution in [2.45, 2.75) is 20.0 Å². The van der Waals surface area contributed by atoms with E-state index >= 15 is 0 Å². The van der Waals surface area contributed by atoms with Crippen molar-refractivity contribution in [2.75, 3.05) is 24.5 Å². The van der Waals surface area contributed by atoms with E-state index in [4.69, 9.17) is 0 Å². The SMILES string of the molecule is C=CCN1CCN(Cc2csc(C)n2)Cc2cccnc21. The van der Waals surface area contributed by atoms with Gasteiger partial charge in [0.1, 0.15) is 5.82 Å². The van der Waals surface area contributed by atoms with Gasteiger partial charge in [0.25, 0.3) is 0 Å². The van der Waals surface area contributed by atoms with Crippen LogP contribution in [0.2, 0.25) is 0 Å². The Balaban J connectivity index is 1.80. The third-order valence-corrected chi connectivity index (χ3v) is 4.47. The molecular formula is C16H20N4S. The lowest BCUT2D eigenvalue weighted by Crippen LogP contribution is -2.31. The van der Waals surface area contributed by atoms with Gasteiger partial charge in [-0.05, 0) is 13.0 Å². The summed E-state index contributed by atoms with van der Waals surface area (Å²) in [6.07, 6.45) is 3.81. The molecule has 0 aliphatic carbocycles. The molecule has 3 rings (SSSR count). The van der Waals surface area contributed by atoms with Gasteiger partial charge in [-0.1, -0.05) is 12.1 Å². The number of anilines is 1. The van der Waals surface area contributed by atoms with Crippen LogP contribution in [-0.4, -0.2) is 34.5 Å². The smallest absolute Gasteiger partial charge is 0.133 e. The molecule has 0 radical (unpaired) electrons. The molecule has 0 unspecified atom stereocenters. The Labute approximate surface area is 129 Å². The van der Waals surface area contributed by atoms with Crippen molar-refractivity contribution in [3.05, 3.63) is 52.6 Å². The van der Waals surface area contributed by atoms with Crippen LogP contribution in [0.3, 0.4) is 0 Å². The Bertz CT molecular complexity index is 622. The van der Waals surface area contributed by atoms with Gasteiger partial charge in [0.15, 0.2) is 0 Å². The van der Waals surface area contributed by atoms with Crippen molar-refractivity contribution in [2.24, 2.45) is 0 Å². The summed E-state index contributed by atoms with van der Waals surface area (Å²) in [6, 6.07) is 4.18. The minimum absolute atomic E-state index is 0.841. The summed E-state index contributed by atoms with van der Waals surface area (Å²) in [7, 11) is 0. The number of hydrogen-bond acceptors (Lipinski definition) is 5. The highest BCUT2D eigenvalue weighted by atomic mass is 32.1. The zero-order valence-electron chi connectivity index (χ0n) is 12.3. The molecule has 21 heavy (non-hydrogen) atoms. The summed E-state index contributed by atoms with van der Waals surface area (Å²) in [5.41, 5.74) is 2.45. The molecule has 0 amide bonds. The number of thiazole rings is 1. The molecule has 1 aliphatic rings. The molecule has 0 atom stereocenters. The van der Waals surface area contributed by atoms with Gasteiger partial charge in [0.2, 0.25) is 0 Å². The standard InChI is InChI=1S/C16H20N4S/c1-3-7-20-9-8-19(11-15-12-21-13(2)18-15)10-14-5-4-6-17-16(14)20/h3-6,12H,1,7-11H2,2H3. The molecule has 0 spiro atoms. The fourth-order valence-electron chi connectivity index (χ4n) is 2.70. The van der Waals surface area contributed by atoms with E-state index in [-0.39, 0.29) is 0 Å². The highest BCUT2D eigenvalue weighted by Gasteiger charge is 2.20. The fraction of sp³-hybridized carbons (Fsp3) is 0.375. The molecule has 0 N–H and O–H groups in total. The quantitative estimate of drug-likeness (QED) is 0.813. The second-order valence-corrected chi connectivity index (χ2v) is 6.35. The second-order valence-electron chi connectivity index (χ2n) is 5.29. The Morgan fingerprint density at radius 1 is 1.43 bits per heavy atom. The largest absolute Gasteiger partial charge is 0.351 e. The van der Waals surface area contributed by atoms with Gasteiger partial charge in [0.05, 0.1) is 10.7 Å².